The number of esters is 1. The van der Waals surface area contributed by atoms with E-state index in [0.29, 0.717) is 34.1 Å². The van der Waals surface area contributed by atoms with Gasteiger partial charge in [-0.15, -0.1) is 0 Å². The van der Waals surface area contributed by atoms with Crippen LogP contribution in [0.15, 0.2) is 65.1 Å². The van der Waals surface area contributed by atoms with Crippen LogP contribution in [0.4, 0.5) is 11.4 Å². The van der Waals surface area contributed by atoms with Crippen LogP contribution in [0.3, 0.4) is 0 Å². The fraction of sp³-hybridized carbons (Fsp3) is 0.222. The molecule has 188 valence electrons. The molecule has 2 N–H and O–H groups in total. The van der Waals surface area contributed by atoms with Crippen molar-refractivity contribution in [2.45, 2.75) is 33.1 Å². The van der Waals surface area contributed by atoms with Gasteiger partial charge in [0.2, 0.25) is 5.91 Å². The number of carbonyl (C=O) groups is 3. The highest BCUT2D eigenvalue weighted by Gasteiger charge is 2.12. The van der Waals surface area contributed by atoms with Gasteiger partial charge in [-0.1, -0.05) is 23.7 Å². The Bertz CT molecular complexity index is 1250. The number of ether oxygens (including phenoxy) is 2. The van der Waals surface area contributed by atoms with Crippen molar-refractivity contribution in [3.05, 3.63) is 81.3 Å². The highest BCUT2D eigenvalue weighted by atomic mass is 79.9. The van der Waals surface area contributed by atoms with Crippen LogP contribution in [-0.4, -0.2) is 24.4 Å². The Morgan fingerprint density at radius 1 is 0.889 bits per heavy atom. The number of nitrogens with one attached hydrogen (secondary N) is 2. The van der Waals surface area contributed by atoms with E-state index in [2.05, 4.69) is 26.6 Å². The Labute approximate surface area is 223 Å². The van der Waals surface area contributed by atoms with Crippen molar-refractivity contribution in [2.24, 2.45) is 0 Å². The number of amides is 2. The van der Waals surface area contributed by atoms with Crippen LogP contribution in [-0.2, 0) is 19.1 Å². The molecule has 0 aliphatic rings. The SMILES string of the molecule is Cc1cccc(Oc2ccc(NC(=O)CCCC(=O)OCC(=O)Nc3ccc(Br)c(Cl)c3C)cc2)c1. The zero-order valence-corrected chi connectivity index (χ0v) is 22.2. The van der Waals surface area contributed by atoms with Gasteiger partial charge in [-0.25, -0.2) is 0 Å². The second kappa shape index (κ2) is 13.1. The standard InChI is InChI=1S/C27H26BrClN2O5/c1-17-5-3-6-21(15-17)36-20-11-9-19(10-12-20)30-24(32)7-4-8-26(34)35-16-25(33)31-23-14-13-22(28)27(29)18(23)2/h3,5-6,9-15H,4,7-8,16H2,1-2H3,(H,30,32)(H,31,33). The van der Waals surface area contributed by atoms with E-state index in [1.165, 1.54) is 0 Å². The minimum absolute atomic E-state index is 0.0209. The molecule has 0 radical (unpaired) electrons. The molecule has 0 heterocycles. The van der Waals surface area contributed by atoms with E-state index >= 15 is 0 Å². The molecule has 0 fully saturated rings. The molecule has 0 saturated carbocycles. The van der Waals surface area contributed by atoms with Crippen LogP contribution in [0.5, 0.6) is 11.5 Å². The highest BCUT2D eigenvalue weighted by Crippen LogP contribution is 2.31. The molecule has 0 aliphatic heterocycles. The maximum atomic E-state index is 12.2. The van der Waals surface area contributed by atoms with E-state index in [4.69, 9.17) is 21.1 Å². The number of aryl methyl sites for hydroxylation is 1. The molecular formula is C27H26BrClN2O5. The molecule has 0 unspecified atom stereocenters. The summed E-state index contributed by atoms with van der Waals surface area (Å²) in [5, 5.41) is 5.94. The normalized spacial score (nSPS) is 10.4. The monoisotopic (exact) mass is 572 g/mol. The van der Waals surface area contributed by atoms with Crippen LogP contribution in [0.2, 0.25) is 5.02 Å². The number of halogens is 2. The highest BCUT2D eigenvalue weighted by molar-refractivity contribution is 9.10. The Morgan fingerprint density at radius 2 is 1.64 bits per heavy atom. The molecule has 3 rings (SSSR count). The average molecular weight is 574 g/mol. The van der Waals surface area contributed by atoms with Crippen molar-refractivity contribution in [3.8, 4) is 11.5 Å². The van der Waals surface area contributed by atoms with E-state index in [1.807, 2.05) is 31.2 Å². The molecule has 9 heteroatoms. The third-order valence-corrected chi connectivity index (χ3v) is 6.50. The van der Waals surface area contributed by atoms with Gasteiger partial charge < -0.3 is 20.1 Å². The van der Waals surface area contributed by atoms with Gasteiger partial charge in [-0.05, 0) is 95.9 Å². The molecule has 0 spiro atoms. The molecule has 0 aliphatic carbocycles. The second-order valence-corrected chi connectivity index (χ2v) is 9.32. The molecule has 2 amide bonds. The van der Waals surface area contributed by atoms with Crippen LogP contribution in [0, 0.1) is 13.8 Å². The summed E-state index contributed by atoms with van der Waals surface area (Å²) in [6.45, 7) is 3.34. The lowest BCUT2D eigenvalue weighted by atomic mass is 10.2. The lowest BCUT2D eigenvalue weighted by Crippen LogP contribution is -2.21. The number of benzene rings is 3. The summed E-state index contributed by atoms with van der Waals surface area (Å²) in [6, 6.07) is 18.2. The minimum Gasteiger partial charge on any atom is -0.457 e. The largest absolute Gasteiger partial charge is 0.457 e. The Morgan fingerprint density at radius 3 is 2.36 bits per heavy atom. The second-order valence-electron chi connectivity index (χ2n) is 8.09. The first-order valence-electron chi connectivity index (χ1n) is 11.3. The molecule has 0 atom stereocenters. The lowest BCUT2D eigenvalue weighted by molar-refractivity contribution is -0.147. The summed E-state index contributed by atoms with van der Waals surface area (Å²) < 4.78 is 11.5. The molecule has 0 aromatic heterocycles. The van der Waals surface area contributed by atoms with E-state index in [0.717, 1.165) is 15.8 Å². The molecule has 3 aromatic carbocycles. The van der Waals surface area contributed by atoms with E-state index < -0.39 is 18.5 Å². The van der Waals surface area contributed by atoms with Crippen molar-refractivity contribution < 1.29 is 23.9 Å². The predicted octanol–water partition coefficient (Wildman–Crippen LogP) is 6.80. The van der Waals surface area contributed by atoms with Crippen LogP contribution >= 0.6 is 27.5 Å². The summed E-state index contributed by atoms with van der Waals surface area (Å²) in [4.78, 5) is 36.2. The number of hydrogen-bond donors (Lipinski definition) is 2. The smallest absolute Gasteiger partial charge is 0.306 e. The van der Waals surface area contributed by atoms with Gasteiger partial charge in [0.1, 0.15) is 11.5 Å². The molecule has 0 bridgehead atoms. The maximum Gasteiger partial charge on any atom is 0.306 e. The quantitative estimate of drug-likeness (QED) is 0.260. The van der Waals surface area contributed by atoms with E-state index in [1.54, 1.807) is 43.3 Å². The van der Waals surface area contributed by atoms with Crippen molar-refractivity contribution >= 4 is 56.7 Å². The topological polar surface area (TPSA) is 93.7 Å². The first-order chi connectivity index (χ1) is 17.2. The number of hydrogen-bond acceptors (Lipinski definition) is 5. The Kier molecular flexibility index (Phi) is 9.90. The van der Waals surface area contributed by atoms with Crippen LogP contribution in [0.1, 0.15) is 30.4 Å². The van der Waals surface area contributed by atoms with E-state index in [-0.39, 0.29) is 18.7 Å². The molecule has 36 heavy (non-hydrogen) atoms. The van der Waals surface area contributed by atoms with Gasteiger partial charge in [0, 0.05) is 28.7 Å². The molecular weight excluding hydrogens is 548 g/mol. The summed E-state index contributed by atoms with van der Waals surface area (Å²) >= 11 is 9.46. The third-order valence-electron chi connectivity index (χ3n) is 5.13. The van der Waals surface area contributed by atoms with Gasteiger partial charge in [0.05, 0.1) is 5.02 Å². The van der Waals surface area contributed by atoms with Crippen molar-refractivity contribution in [2.75, 3.05) is 17.2 Å². The van der Waals surface area contributed by atoms with Crippen molar-refractivity contribution in [1.29, 1.82) is 0 Å². The van der Waals surface area contributed by atoms with Crippen molar-refractivity contribution in [1.82, 2.24) is 0 Å². The molecule has 7 nitrogen and oxygen atoms in total. The van der Waals surface area contributed by atoms with Crippen molar-refractivity contribution in [3.63, 3.8) is 0 Å². The number of anilines is 2. The average Bonchev–Trinajstić information content (AvgIpc) is 2.84. The fourth-order valence-corrected chi connectivity index (χ4v) is 3.82. The van der Waals surface area contributed by atoms with Crippen LogP contribution < -0.4 is 15.4 Å². The molecule has 0 saturated heterocycles. The van der Waals surface area contributed by atoms with Gasteiger partial charge in [-0.3, -0.25) is 14.4 Å². The first kappa shape index (κ1) is 27.2. The summed E-state index contributed by atoms with van der Waals surface area (Å²) in [6.07, 6.45) is 0.453. The zero-order valence-electron chi connectivity index (χ0n) is 19.9. The lowest BCUT2D eigenvalue weighted by Gasteiger charge is -2.11. The van der Waals surface area contributed by atoms with Gasteiger partial charge in [0.25, 0.3) is 5.91 Å². The predicted molar refractivity (Wildman–Crippen MR) is 144 cm³/mol. The zero-order chi connectivity index (χ0) is 26.1. The van der Waals surface area contributed by atoms with Gasteiger partial charge in [0.15, 0.2) is 6.61 Å². The van der Waals surface area contributed by atoms with Gasteiger partial charge >= 0.3 is 5.97 Å². The summed E-state index contributed by atoms with van der Waals surface area (Å²) in [5.74, 6) is 0.141. The third kappa shape index (κ3) is 8.39. The maximum absolute atomic E-state index is 12.2. The fourth-order valence-electron chi connectivity index (χ4n) is 3.23. The van der Waals surface area contributed by atoms with Crippen LogP contribution in [0.25, 0.3) is 0 Å². The Hall–Kier alpha value is -3.36. The van der Waals surface area contributed by atoms with E-state index in [9.17, 15) is 14.4 Å². The first-order valence-corrected chi connectivity index (χ1v) is 12.4. The summed E-state index contributed by atoms with van der Waals surface area (Å²) in [7, 11) is 0. The van der Waals surface area contributed by atoms with Gasteiger partial charge in [-0.2, -0.15) is 0 Å². The number of carbonyl (C=O) groups excluding carboxylic acids is 3. The molecule has 3 aromatic rings. The summed E-state index contributed by atoms with van der Waals surface area (Å²) in [5.41, 5.74) is 2.96. The minimum atomic E-state index is -0.554. The number of rotatable bonds is 10. The Balaban J connectivity index is 1.34.